The molecule has 0 spiro atoms. The molecule has 1 atom stereocenters. The Morgan fingerprint density at radius 2 is 1.50 bits per heavy atom. The number of aromatic nitrogens is 2. The lowest BCUT2D eigenvalue weighted by Crippen LogP contribution is -2.43. The van der Waals surface area contributed by atoms with Crippen LogP contribution in [0, 0.1) is 5.41 Å². The predicted molar refractivity (Wildman–Crippen MR) is 158 cm³/mol. The summed E-state index contributed by atoms with van der Waals surface area (Å²) in [7, 11) is 0. The van der Waals surface area contributed by atoms with Gasteiger partial charge in [-0.25, -0.2) is 0 Å². The van der Waals surface area contributed by atoms with Crippen molar-refractivity contribution in [3.05, 3.63) is 112 Å². The van der Waals surface area contributed by atoms with E-state index in [0.717, 1.165) is 36.2 Å². The van der Waals surface area contributed by atoms with Crippen LogP contribution in [-0.2, 0) is 6.42 Å². The number of H-pyrrole nitrogens is 2. The molecule has 2 heterocycles. The molecule has 194 valence electrons. The van der Waals surface area contributed by atoms with Gasteiger partial charge in [-0.15, -0.1) is 0 Å². The lowest BCUT2D eigenvalue weighted by Gasteiger charge is -2.39. The second-order valence-electron chi connectivity index (χ2n) is 10.9. The van der Waals surface area contributed by atoms with Crippen LogP contribution in [0.4, 0.5) is 5.82 Å². The van der Waals surface area contributed by atoms with Crippen molar-refractivity contribution < 1.29 is 0 Å². The second kappa shape index (κ2) is 10.9. The molecule has 38 heavy (non-hydrogen) atoms. The molecule has 1 unspecified atom stereocenters. The molecule has 1 saturated carbocycles. The maximum atomic E-state index is 12.7. The average molecular weight is 505 g/mol. The Hall–Kier alpha value is -3.83. The summed E-state index contributed by atoms with van der Waals surface area (Å²) in [6.07, 6.45) is 9.25. The summed E-state index contributed by atoms with van der Waals surface area (Å²) in [5.74, 6) is 0.802. The lowest BCUT2D eigenvalue weighted by atomic mass is 9.73. The first-order valence-electron chi connectivity index (χ1n) is 13.9. The summed E-state index contributed by atoms with van der Waals surface area (Å²) in [6, 6.07) is 29.0. The van der Waals surface area contributed by atoms with Gasteiger partial charge < -0.3 is 20.6 Å². The van der Waals surface area contributed by atoms with Gasteiger partial charge in [0.05, 0.1) is 5.52 Å². The van der Waals surface area contributed by atoms with E-state index in [1.54, 1.807) is 6.07 Å². The molecule has 1 aliphatic rings. The summed E-state index contributed by atoms with van der Waals surface area (Å²) in [6.45, 7) is 1.76. The quantitative estimate of drug-likeness (QED) is 0.176. The molecule has 0 saturated heterocycles. The van der Waals surface area contributed by atoms with Crippen LogP contribution in [0.2, 0.25) is 0 Å². The lowest BCUT2D eigenvalue weighted by molar-refractivity contribution is 0.190. The van der Waals surface area contributed by atoms with Crippen LogP contribution in [0.15, 0.2) is 95.9 Å². The number of benzene rings is 3. The molecule has 3 aromatic carbocycles. The number of aromatic amines is 2. The van der Waals surface area contributed by atoms with E-state index in [1.165, 1.54) is 54.1 Å². The monoisotopic (exact) mass is 504 g/mol. The van der Waals surface area contributed by atoms with Crippen molar-refractivity contribution in [1.82, 2.24) is 15.3 Å². The van der Waals surface area contributed by atoms with Gasteiger partial charge in [0.1, 0.15) is 5.82 Å². The number of hydrogen-bond acceptors (Lipinski definition) is 3. The molecule has 1 aliphatic carbocycles. The van der Waals surface area contributed by atoms with E-state index in [2.05, 4.69) is 81.4 Å². The maximum Gasteiger partial charge on any atom is 0.191 e. The number of nitrogens with one attached hydrogen (secondary N) is 4. The van der Waals surface area contributed by atoms with E-state index in [0.29, 0.717) is 0 Å². The fourth-order valence-corrected chi connectivity index (χ4v) is 6.16. The highest BCUT2D eigenvalue weighted by Gasteiger charge is 2.33. The van der Waals surface area contributed by atoms with Crippen molar-refractivity contribution in [2.45, 2.75) is 44.6 Å². The Balaban J connectivity index is 1.24. The number of fused-ring (bicyclic) bond motifs is 2. The van der Waals surface area contributed by atoms with Crippen LogP contribution >= 0.6 is 0 Å². The van der Waals surface area contributed by atoms with E-state index >= 15 is 0 Å². The highest BCUT2D eigenvalue weighted by atomic mass is 16.1. The second-order valence-corrected chi connectivity index (χ2v) is 10.9. The summed E-state index contributed by atoms with van der Waals surface area (Å²) < 4.78 is 0. The zero-order valence-corrected chi connectivity index (χ0v) is 21.8. The number of para-hydroxylation sites is 2. The SMILES string of the molecule is O=c1cc(NCC2(CNC(Cc3ccccc3)c3c[nH]c4ccccc34)CCCCC2)[nH]c2ccccc12. The first-order valence-corrected chi connectivity index (χ1v) is 13.9. The normalized spacial score (nSPS) is 16.0. The van der Waals surface area contributed by atoms with Crippen molar-refractivity contribution in [2.24, 2.45) is 5.41 Å². The molecule has 4 N–H and O–H groups in total. The van der Waals surface area contributed by atoms with Gasteiger partial charge in [0.25, 0.3) is 0 Å². The van der Waals surface area contributed by atoms with Crippen LogP contribution in [0.5, 0.6) is 0 Å². The van der Waals surface area contributed by atoms with Gasteiger partial charge in [0.2, 0.25) is 0 Å². The molecular weight excluding hydrogens is 468 g/mol. The fourth-order valence-electron chi connectivity index (χ4n) is 6.16. The van der Waals surface area contributed by atoms with Crippen LogP contribution in [-0.4, -0.2) is 23.1 Å². The molecule has 2 aromatic heterocycles. The highest BCUT2D eigenvalue weighted by molar-refractivity contribution is 5.83. The van der Waals surface area contributed by atoms with E-state index in [-0.39, 0.29) is 16.9 Å². The topological polar surface area (TPSA) is 72.7 Å². The minimum absolute atomic E-state index is 0.0555. The molecule has 0 amide bonds. The predicted octanol–water partition coefficient (Wildman–Crippen LogP) is 6.95. The number of hydrogen-bond donors (Lipinski definition) is 4. The molecular formula is C33H36N4O. The Bertz CT molecular complexity index is 1560. The molecule has 5 nitrogen and oxygen atoms in total. The third-order valence-electron chi connectivity index (χ3n) is 8.31. The molecule has 0 bridgehead atoms. The van der Waals surface area contributed by atoms with E-state index < -0.39 is 0 Å². The summed E-state index contributed by atoms with van der Waals surface area (Å²) >= 11 is 0. The third kappa shape index (κ3) is 5.25. The standard InChI is InChI=1S/C33H36N4O/c38-31-20-32(37-29-16-8-6-14-26(29)31)36-23-33(17-9-2-10-18-33)22-35-30(19-24-11-3-1-4-12-24)27-21-34-28-15-7-5-13-25(27)28/h1,3-8,11-16,20-21,30,34-35H,2,9-10,17-19,22-23H2,(H2,36,37,38). The van der Waals surface area contributed by atoms with Crippen LogP contribution < -0.4 is 16.1 Å². The van der Waals surface area contributed by atoms with Crippen molar-refractivity contribution in [1.29, 1.82) is 0 Å². The van der Waals surface area contributed by atoms with E-state index in [1.807, 2.05) is 24.3 Å². The van der Waals surface area contributed by atoms with Crippen LogP contribution in [0.1, 0.15) is 49.3 Å². The smallest absolute Gasteiger partial charge is 0.191 e. The molecule has 0 aliphatic heterocycles. The zero-order chi connectivity index (χ0) is 25.8. The summed E-state index contributed by atoms with van der Waals surface area (Å²) in [4.78, 5) is 19.6. The van der Waals surface area contributed by atoms with Crippen molar-refractivity contribution in [3.63, 3.8) is 0 Å². The summed E-state index contributed by atoms with van der Waals surface area (Å²) in [5, 5.41) is 9.66. The molecule has 5 heteroatoms. The molecule has 5 aromatic rings. The van der Waals surface area contributed by atoms with E-state index in [4.69, 9.17) is 0 Å². The average Bonchev–Trinajstić information content (AvgIpc) is 3.40. The van der Waals surface area contributed by atoms with Gasteiger partial charge in [0, 0.05) is 53.1 Å². The Morgan fingerprint density at radius 1 is 0.789 bits per heavy atom. The highest BCUT2D eigenvalue weighted by Crippen LogP contribution is 2.37. The molecule has 0 radical (unpaired) electrons. The Labute approximate surface area is 223 Å². The molecule has 6 rings (SSSR count). The number of pyridine rings is 1. The Kier molecular flexibility index (Phi) is 7.02. The van der Waals surface area contributed by atoms with Gasteiger partial charge in [-0.2, -0.15) is 0 Å². The van der Waals surface area contributed by atoms with Gasteiger partial charge in [-0.3, -0.25) is 4.79 Å². The number of anilines is 1. The Morgan fingerprint density at radius 3 is 2.32 bits per heavy atom. The first kappa shape index (κ1) is 24.5. The minimum atomic E-state index is 0.0555. The van der Waals surface area contributed by atoms with Gasteiger partial charge in [0.15, 0.2) is 5.43 Å². The minimum Gasteiger partial charge on any atom is -0.371 e. The van der Waals surface area contributed by atoms with Gasteiger partial charge in [-0.05, 0) is 48.6 Å². The van der Waals surface area contributed by atoms with Crippen molar-refractivity contribution in [2.75, 3.05) is 18.4 Å². The van der Waals surface area contributed by atoms with Crippen LogP contribution in [0.3, 0.4) is 0 Å². The number of rotatable bonds is 9. The third-order valence-corrected chi connectivity index (χ3v) is 8.31. The van der Waals surface area contributed by atoms with Gasteiger partial charge in [-0.1, -0.05) is 79.9 Å². The first-order chi connectivity index (χ1) is 18.7. The van der Waals surface area contributed by atoms with E-state index in [9.17, 15) is 4.79 Å². The van der Waals surface area contributed by atoms with Crippen molar-refractivity contribution in [3.8, 4) is 0 Å². The largest absolute Gasteiger partial charge is 0.371 e. The van der Waals surface area contributed by atoms with Crippen LogP contribution in [0.25, 0.3) is 21.8 Å². The van der Waals surface area contributed by atoms with Gasteiger partial charge >= 0.3 is 0 Å². The zero-order valence-electron chi connectivity index (χ0n) is 21.8. The van der Waals surface area contributed by atoms with Crippen molar-refractivity contribution >= 4 is 27.6 Å². The molecule has 1 fully saturated rings. The summed E-state index contributed by atoms with van der Waals surface area (Å²) in [5.41, 5.74) is 4.89. The maximum absolute atomic E-state index is 12.7. The fraction of sp³-hybridized carbons (Fsp3) is 0.303.